The van der Waals surface area contributed by atoms with Crippen molar-refractivity contribution in [2.24, 2.45) is 0 Å². The SMILES string of the molecule is C=C(C)COCCNC(=O)c1sccc1-n1cccc1. The Labute approximate surface area is 122 Å². The average Bonchev–Trinajstić information content (AvgIpc) is 3.08. The zero-order chi connectivity index (χ0) is 14.4. The molecule has 4 nitrogen and oxygen atoms in total. The molecular weight excluding hydrogens is 272 g/mol. The Hall–Kier alpha value is -1.85. The molecule has 1 amide bonds. The second kappa shape index (κ2) is 7.07. The minimum absolute atomic E-state index is 0.0670. The first-order valence-electron chi connectivity index (χ1n) is 6.39. The van der Waals surface area contributed by atoms with Gasteiger partial charge >= 0.3 is 0 Å². The predicted octanol–water partition coefficient (Wildman–Crippen LogP) is 2.86. The van der Waals surface area contributed by atoms with Gasteiger partial charge in [0, 0.05) is 18.9 Å². The van der Waals surface area contributed by atoms with E-state index < -0.39 is 0 Å². The molecule has 0 radical (unpaired) electrons. The van der Waals surface area contributed by atoms with E-state index in [1.54, 1.807) is 0 Å². The lowest BCUT2D eigenvalue weighted by atomic mass is 10.3. The van der Waals surface area contributed by atoms with Gasteiger partial charge in [0.25, 0.3) is 5.91 Å². The summed E-state index contributed by atoms with van der Waals surface area (Å²) in [5.41, 5.74) is 1.88. The Morgan fingerprint density at radius 2 is 2.20 bits per heavy atom. The summed E-state index contributed by atoms with van der Waals surface area (Å²) in [5, 5.41) is 4.78. The monoisotopic (exact) mass is 290 g/mol. The van der Waals surface area contributed by atoms with Gasteiger partial charge in [0.1, 0.15) is 4.88 Å². The van der Waals surface area contributed by atoms with Crippen LogP contribution in [-0.2, 0) is 4.74 Å². The number of aromatic nitrogens is 1. The van der Waals surface area contributed by atoms with Crippen LogP contribution in [0.25, 0.3) is 5.69 Å². The average molecular weight is 290 g/mol. The van der Waals surface area contributed by atoms with Crippen LogP contribution < -0.4 is 5.32 Å². The first-order valence-corrected chi connectivity index (χ1v) is 7.27. The molecule has 1 N–H and O–H groups in total. The largest absolute Gasteiger partial charge is 0.375 e. The number of carbonyl (C=O) groups excluding carboxylic acids is 1. The molecule has 2 heterocycles. The maximum atomic E-state index is 12.1. The normalized spacial score (nSPS) is 10.4. The van der Waals surface area contributed by atoms with Gasteiger partial charge in [0.2, 0.25) is 0 Å². The molecule has 2 rings (SSSR count). The molecule has 0 saturated heterocycles. The molecule has 5 heteroatoms. The third-order valence-corrected chi connectivity index (χ3v) is 3.52. The van der Waals surface area contributed by atoms with Gasteiger partial charge in [-0.05, 0) is 30.5 Å². The summed E-state index contributed by atoms with van der Waals surface area (Å²) >= 11 is 1.44. The minimum atomic E-state index is -0.0670. The van der Waals surface area contributed by atoms with Crippen LogP contribution in [0.2, 0.25) is 0 Å². The molecule has 0 atom stereocenters. The molecule has 106 valence electrons. The lowest BCUT2D eigenvalue weighted by molar-refractivity contribution is 0.0931. The fourth-order valence-electron chi connectivity index (χ4n) is 1.73. The van der Waals surface area contributed by atoms with Crippen molar-refractivity contribution in [1.29, 1.82) is 0 Å². The van der Waals surface area contributed by atoms with E-state index >= 15 is 0 Å². The van der Waals surface area contributed by atoms with Gasteiger partial charge in [0.05, 0.1) is 18.9 Å². The standard InChI is InChI=1S/C15H18N2O2S/c1-12(2)11-19-9-6-16-15(18)14-13(5-10-20-14)17-7-3-4-8-17/h3-5,7-8,10H,1,6,9,11H2,2H3,(H,16,18). The van der Waals surface area contributed by atoms with Crippen molar-refractivity contribution in [1.82, 2.24) is 9.88 Å². The van der Waals surface area contributed by atoms with Gasteiger partial charge in [-0.25, -0.2) is 0 Å². The topological polar surface area (TPSA) is 43.3 Å². The highest BCUT2D eigenvalue weighted by molar-refractivity contribution is 7.12. The van der Waals surface area contributed by atoms with Crippen molar-refractivity contribution in [3.63, 3.8) is 0 Å². The van der Waals surface area contributed by atoms with Crippen molar-refractivity contribution >= 4 is 17.2 Å². The van der Waals surface area contributed by atoms with E-state index in [1.807, 2.05) is 47.5 Å². The van der Waals surface area contributed by atoms with Gasteiger partial charge in [0.15, 0.2) is 0 Å². The molecule has 0 bridgehead atoms. The smallest absolute Gasteiger partial charge is 0.263 e. The Morgan fingerprint density at radius 3 is 2.90 bits per heavy atom. The molecule has 0 aliphatic carbocycles. The number of ether oxygens (including phenoxy) is 1. The van der Waals surface area contributed by atoms with Crippen molar-refractivity contribution in [2.45, 2.75) is 6.92 Å². The second-order valence-corrected chi connectivity index (χ2v) is 5.41. The molecule has 0 spiro atoms. The van der Waals surface area contributed by atoms with Gasteiger partial charge in [-0.1, -0.05) is 12.2 Å². The third-order valence-electron chi connectivity index (χ3n) is 2.61. The number of amides is 1. The fourth-order valence-corrected chi connectivity index (χ4v) is 2.54. The molecule has 0 saturated carbocycles. The Balaban J connectivity index is 1.87. The maximum Gasteiger partial charge on any atom is 0.263 e. The van der Waals surface area contributed by atoms with E-state index in [-0.39, 0.29) is 5.91 Å². The second-order valence-electron chi connectivity index (χ2n) is 4.49. The molecule has 0 aliphatic heterocycles. The molecule has 2 aromatic heterocycles. The van der Waals surface area contributed by atoms with Crippen LogP contribution >= 0.6 is 11.3 Å². The number of nitrogens with zero attached hydrogens (tertiary/aromatic N) is 1. The summed E-state index contributed by atoms with van der Waals surface area (Å²) in [5.74, 6) is -0.0670. The van der Waals surface area contributed by atoms with Crippen LogP contribution in [0.15, 0.2) is 48.1 Å². The van der Waals surface area contributed by atoms with Gasteiger partial charge in [-0.2, -0.15) is 0 Å². The van der Waals surface area contributed by atoms with E-state index in [2.05, 4.69) is 11.9 Å². The van der Waals surface area contributed by atoms with Gasteiger partial charge in [-0.3, -0.25) is 4.79 Å². The lowest BCUT2D eigenvalue weighted by Gasteiger charge is -2.07. The number of rotatable bonds is 7. The number of hydrogen-bond acceptors (Lipinski definition) is 3. The summed E-state index contributed by atoms with van der Waals surface area (Å²) in [4.78, 5) is 12.8. The molecule has 20 heavy (non-hydrogen) atoms. The van der Waals surface area contributed by atoms with Gasteiger partial charge < -0.3 is 14.6 Å². The lowest BCUT2D eigenvalue weighted by Crippen LogP contribution is -2.27. The Kier molecular flexibility index (Phi) is 5.15. The number of thiophene rings is 1. The highest BCUT2D eigenvalue weighted by atomic mass is 32.1. The van der Waals surface area contributed by atoms with E-state index in [0.29, 0.717) is 24.6 Å². The van der Waals surface area contributed by atoms with E-state index in [4.69, 9.17) is 4.74 Å². The van der Waals surface area contributed by atoms with Crippen molar-refractivity contribution in [2.75, 3.05) is 19.8 Å². The first-order chi connectivity index (χ1) is 9.68. The van der Waals surface area contributed by atoms with Crippen molar-refractivity contribution < 1.29 is 9.53 Å². The van der Waals surface area contributed by atoms with Crippen LogP contribution in [0.4, 0.5) is 0 Å². The molecular formula is C15H18N2O2S. The minimum Gasteiger partial charge on any atom is -0.375 e. The highest BCUT2D eigenvalue weighted by Gasteiger charge is 2.13. The van der Waals surface area contributed by atoms with Crippen LogP contribution in [0.5, 0.6) is 0 Å². The molecule has 0 aromatic carbocycles. The quantitative estimate of drug-likeness (QED) is 0.629. The fraction of sp³-hybridized carbons (Fsp3) is 0.267. The Bertz CT molecular complexity index is 572. The van der Waals surface area contributed by atoms with Crippen LogP contribution in [0.1, 0.15) is 16.6 Å². The molecule has 0 fully saturated rings. The maximum absolute atomic E-state index is 12.1. The van der Waals surface area contributed by atoms with Crippen molar-refractivity contribution in [3.05, 3.63) is 53.0 Å². The van der Waals surface area contributed by atoms with Gasteiger partial charge in [-0.15, -0.1) is 11.3 Å². The highest BCUT2D eigenvalue weighted by Crippen LogP contribution is 2.21. The van der Waals surface area contributed by atoms with Crippen LogP contribution in [0.3, 0.4) is 0 Å². The van der Waals surface area contributed by atoms with Crippen LogP contribution in [0, 0.1) is 0 Å². The molecule has 0 aliphatic rings. The number of carbonyl (C=O) groups is 1. The van der Waals surface area contributed by atoms with E-state index in [9.17, 15) is 4.79 Å². The number of nitrogens with one attached hydrogen (secondary N) is 1. The summed E-state index contributed by atoms with van der Waals surface area (Å²) in [6, 6.07) is 5.81. The van der Waals surface area contributed by atoms with E-state index in [0.717, 1.165) is 11.3 Å². The molecule has 2 aromatic rings. The summed E-state index contributed by atoms with van der Waals surface area (Å²) in [6.45, 7) is 7.18. The van der Waals surface area contributed by atoms with Crippen molar-refractivity contribution in [3.8, 4) is 5.69 Å². The Morgan fingerprint density at radius 1 is 1.45 bits per heavy atom. The summed E-state index contributed by atoms with van der Waals surface area (Å²) < 4.78 is 7.28. The zero-order valence-corrected chi connectivity index (χ0v) is 12.3. The third kappa shape index (κ3) is 3.82. The summed E-state index contributed by atoms with van der Waals surface area (Å²) in [6.07, 6.45) is 3.85. The number of hydrogen-bond donors (Lipinski definition) is 1. The first kappa shape index (κ1) is 14.6. The molecule has 0 unspecified atom stereocenters. The van der Waals surface area contributed by atoms with Crippen LogP contribution in [-0.4, -0.2) is 30.2 Å². The zero-order valence-electron chi connectivity index (χ0n) is 11.5. The summed E-state index contributed by atoms with van der Waals surface area (Å²) in [7, 11) is 0. The van der Waals surface area contributed by atoms with E-state index in [1.165, 1.54) is 11.3 Å². The predicted molar refractivity (Wildman–Crippen MR) is 81.6 cm³/mol.